The van der Waals surface area contributed by atoms with Crippen LogP contribution in [0, 0.1) is 0 Å². The molecular formula is C32H47BO. The van der Waals surface area contributed by atoms with Crippen molar-refractivity contribution in [2.24, 2.45) is 0 Å². The van der Waals surface area contributed by atoms with E-state index in [-0.39, 0.29) is 5.41 Å². The number of fused-ring (bicyclic) bond motifs is 3. The molecule has 2 heteroatoms. The summed E-state index contributed by atoms with van der Waals surface area (Å²) in [6.45, 7) is 5.85. The molecule has 0 atom stereocenters. The van der Waals surface area contributed by atoms with Crippen LogP contribution in [-0.4, -0.2) is 13.5 Å². The van der Waals surface area contributed by atoms with E-state index in [0.29, 0.717) is 6.92 Å². The predicted octanol–water partition coefficient (Wildman–Crippen LogP) is 9.07. The molecule has 1 aliphatic heterocycles. The summed E-state index contributed by atoms with van der Waals surface area (Å²) < 4.78 is 6.12. The molecule has 4 rings (SSSR count). The van der Waals surface area contributed by atoms with Crippen LogP contribution in [0.4, 0.5) is 0 Å². The Labute approximate surface area is 210 Å². The lowest BCUT2D eigenvalue weighted by Gasteiger charge is -2.33. The minimum atomic E-state index is 0.191. The molecule has 0 unspecified atom stereocenters. The SMILES string of the molecule is CCCCCCCCC1(CCCCCCCC)c2ccccc2-c2ccc(B3CCCO3)cc21. The van der Waals surface area contributed by atoms with E-state index in [1.54, 1.807) is 11.1 Å². The molecule has 1 nitrogen and oxygen atoms in total. The molecule has 2 aromatic carbocycles. The first kappa shape index (κ1) is 25.6. The minimum absolute atomic E-state index is 0.191. The Morgan fingerprint density at radius 3 is 1.97 bits per heavy atom. The fourth-order valence-electron chi connectivity index (χ4n) is 6.59. The van der Waals surface area contributed by atoms with E-state index >= 15 is 0 Å². The molecule has 1 fully saturated rings. The van der Waals surface area contributed by atoms with Crippen LogP contribution in [-0.2, 0) is 10.1 Å². The van der Waals surface area contributed by atoms with Gasteiger partial charge in [-0.15, -0.1) is 0 Å². The van der Waals surface area contributed by atoms with E-state index in [4.69, 9.17) is 4.65 Å². The summed E-state index contributed by atoms with van der Waals surface area (Å²) in [5, 5.41) is 0. The van der Waals surface area contributed by atoms with E-state index in [2.05, 4.69) is 56.3 Å². The maximum Gasteiger partial charge on any atom is 0.326 e. The molecule has 1 saturated heterocycles. The zero-order chi connectivity index (χ0) is 23.6. The fourth-order valence-corrected chi connectivity index (χ4v) is 6.59. The minimum Gasteiger partial charge on any atom is -0.431 e. The van der Waals surface area contributed by atoms with E-state index in [0.717, 1.165) is 6.61 Å². The van der Waals surface area contributed by atoms with Gasteiger partial charge in [0.2, 0.25) is 0 Å². The van der Waals surface area contributed by atoms with Gasteiger partial charge in [0.15, 0.2) is 0 Å². The zero-order valence-electron chi connectivity index (χ0n) is 22.0. The summed E-state index contributed by atoms with van der Waals surface area (Å²) in [5.41, 5.74) is 7.82. The largest absolute Gasteiger partial charge is 0.431 e. The maximum atomic E-state index is 6.12. The summed E-state index contributed by atoms with van der Waals surface area (Å²) in [7, 11) is 0. The third kappa shape index (κ3) is 5.81. The third-order valence-corrected chi connectivity index (χ3v) is 8.51. The van der Waals surface area contributed by atoms with Gasteiger partial charge in [0.1, 0.15) is 0 Å². The highest BCUT2D eigenvalue weighted by molar-refractivity contribution is 6.67. The van der Waals surface area contributed by atoms with Crippen molar-refractivity contribution in [1.82, 2.24) is 0 Å². The lowest BCUT2D eigenvalue weighted by Crippen LogP contribution is -2.32. The van der Waals surface area contributed by atoms with Gasteiger partial charge in [0, 0.05) is 12.0 Å². The molecular weight excluding hydrogens is 411 g/mol. The molecule has 0 amide bonds. The van der Waals surface area contributed by atoms with Gasteiger partial charge < -0.3 is 4.65 Å². The van der Waals surface area contributed by atoms with Crippen LogP contribution in [0.1, 0.15) is 121 Å². The second-order valence-electron chi connectivity index (χ2n) is 11.0. The number of rotatable bonds is 15. The maximum absolute atomic E-state index is 6.12. The highest BCUT2D eigenvalue weighted by atomic mass is 16.4. The Hall–Kier alpha value is -1.54. The second kappa shape index (κ2) is 13.0. The monoisotopic (exact) mass is 458 g/mol. The molecule has 1 aliphatic carbocycles. The van der Waals surface area contributed by atoms with Gasteiger partial charge in [-0.1, -0.05) is 133 Å². The molecule has 0 N–H and O–H groups in total. The van der Waals surface area contributed by atoms with Gasteiger partial charge >= 0.3 is 6.92 Å². The Balaban J connectivity index is 1.60. The second-order valence-corrected chi connectivity index (χ2v) is 11.0. The molecule has 1 heterocycles. The normalized spacial score (nSPS) is 16.1. The van der Waals surface area contributed by atoms with Crippen molar-refractivity contribution in [3.05, 3.63) is 53.6 Å². The van der Waals surface area contributed by atoms with Crippen molar-refractivity contribution in [1.29, 1.82) is 0 Å². The highest BCUT2D eigenvalue weighted by Gasteiger charge is 2.42. The Kier molecular flexibility index (Phi) is 9.74. The van der Waals surface area contributed by atoms with E-state index in [9.17, 15) is 0 Å². The Morgan fingerprint density at radius 2 is 1.32 bits per heavy atom. The first-order chi connectivity index (χ1) is 16.8. The number of unbranched alkanes of at least 4 members (excludes halogenated alkanes) is 10. The first-order valence-corrected chi connectivity index (χ1v) is 14.7. The average Bonchev–Trinajstić information content (AvgIpc) is 3.50. The Morgan fingerprint density at radius 1 is 0.706 bits per heavy atom. The lowest BCUT2D eigenvalue weighted by atomic mass is 9.58. The molecule has 2 aromatic rings. The summed E-state index contributed by atoms with van der Waals surface area (Å²) in [4.78, 5) is 0. The quantitative estimate of drug-likeness (QED) is 0.191. The highest BCUT2D eigenvalue weighted by Crippen LogP contribution is 2.53. The zero-order valence-corrected chi connectivity index (χ0v) is 22.0. The number of hydrogen-bond acceptors (Lipinski definition) is 1. The van der Waals surface area contributed by atoms with Gasteiger partial charge in [-0.05, 0) is 53.3 Å². The smallest absolute Gasteiger partial charge is 0.326 e. The van der Waals surface area contributed by atoms with Crippen LogP contribution in [0.3, 0.4) is 0 Å². The number of hydrogen-bond donors (Lipinski definition) is 0. The fraction of sp³-hybridized carbons (Fsp3) is 0.625. The van der Waals surface area contributed by atoms with Crippen LogP contribution >= 0.6 is 0 Å². The summed E-state index contributed by atoms with van der Waals surface area (Å²) in [6.07, 6.45) is 21.4. The van der Waals surface area contributed by atoms with Crippen LogP contribution in [0.2, 0.25) is 6.32 Å². The van der Waals surface area contributed by atoms with Gasteiger partial charge in [-0.2, -0.15) is 0 Å². The molecule has 0 bridgehead atoms. The molecule has 0 radical (unpaired) electrons. The van der Waals surface area contributed by atoms with Crippen LogP contribution in [0.25, 0.3) is 11.1 Å². The lowest BCUT2D eigenvalue weighted by molar-refractivity contribution is 0.366. The summed E-state index contributed by atoms with van der Waals surface area (Å²) in [6, 6.07) is 16.7. The topological polar surface area (TPSA) is 9.23 Å². The molecule has 2 aliphatic rings. The standard InChI is InChI=1S/C32H47BO/c1-3-5-7-9-11-15-22-32(23-16-12-10-8-6-4-2)30-19-14-13-18-28(30)29-21-20-27(26-31(29)32)33-24-17-25-34-33/h13-14,18-21,26H,3-12,15-17,22-25H2,1-2H3. The molecule has 0 saturated carbocycles. The molecule has 0 spiro atoms. The average molecular weight is 459 g/mol. The summed E-state index contributed by atoms with van der Waals surface area (Å²) >= 11 is 0. The van der Waals surface area contributed by atoms with E-state index < -0.39 is 0 Å². The van der Waals surface area contributed by atoms with Gasteiger partial charge in [0.25, 0.3) is 0 Å². The molecule has 34 heavy (non-hydrogen) atoms. The molecule has 0 aromatic heterocycles. The van der Waals surface area contributed by atoms with Gasteiger partial charge in [-0.25, -0.2) is 0 Å². The third-order valence-electron chi connectivity index (χ3n) is 8.51. The van der Waals surface area contributed by atoms with E-state index in [1.165, 1.54) is 119 Å². The predicted molar refractivity (Wildman–Crippen MR) is 149 cm³/mol. The van der Waals surface area contributed by atoms with Crippen molar-refractivity contribution in [3.63, 3.8) is 0 Å². The Bertz CT molecular complexity index is 866. The van der Waals surface area contributed by atoms with E-state index in [1.807, 2.05) is 0 Å². The van der Waals surface area contributed by atoms with Gasteiger partial charge in [-0.3, -0.25) is 0 Å². The van der Waals surface area contributed by atoms with Crippen LogP contribution < -0.4 is 5.46 Å². The van der Waals surface area contributed by atoms with Gasteiger partial charge in [0.05, 0.1) is 0 Å². The van der Waals surface area contributed by atoms with Crippen molar-refractivity contribution in [2.75, 3.05) is 6.61 Å². The van der Waals surface area contributed by atoms with Crippen LogP contribution in [0.15, 0.2) is 42.5 Å². The van der Waals surface area contributed by atoms with Crippen LogP contribution in [0.5, 0.6) is 0 Å². The summed E-state index contributed by atoms with van der Waals surface area (Å²) in [5.74, 6) is 0. The van der Waals surface area contributed by atoms with Crippen molar-refractivity contribution >= 4 is 12.4 Å². The van der Waals surface area contributed by atoms with Crippen molar-refractivity contribution in [3.8, 4) is 11.1 Å². The van der Waals surface area contributed by atoms with Crippen molar-refractivity contribution < 1.29 is 4.65 Å². The molecule has 184 valence electrons. The number of benzene rings is 2. The van der Waals surface area contributed by atoms with Crippen molar-refractivity contribution in [2.45, 2.75) is 122 Å². The first-order valence-electron chi connectivity index (χ1n) is 14.7.